The van der Waals surface area contributed by atoms with Crippen molar-refractivity contribution < 1.29 is 22.8 Å². The van der Waals surface area contributed by atoms with Crippen LogP contribution in [0.2, 0.25) is 0 Å². The molecule has 40 heavy (non-hydrogen) atoms. The summed E-state index contributed by atoms with van der Waals surface area (Å²) in [7, 11) is 0. The summed E-state index contributed by atoms with van der Waals surface area (Å²) in [5.41, 5.74) is 1.09. The summed E-state index contributed by atoms with van der Waals surface area (Å²) in [6, 6.07) is 12.1. The minimum atomic E-state index is -4.33. The van der Waals surface area contributed by atoms with E-state index in [0.29, 0.717) is 18.7 Å². The van der Waals surface area contributed by atoms with E-state index in [-0.39, 0.29) is 18.2 Å². The molecule has 0 bridgehead atoms. The van der Waals surface area contributed by atoms with Gasteiger partial charge in [-0.15, -0.1) is 0 Å². The Morgan fingerprint density at radius 3 is 2.10 bits per heavy atom. The molecule has 1 fully saturated rings. The first kappa shape index (κ1) is 32.0. The van der Waals surface area contributed by atoms with Gasteiger partial charge in [-0.1, -0.05) is 44.2 Å². The van der Waals surface area contributed by atoms with Gasteiger partial charge in [0.05, 0.1) is 23.5 Å². The second kappa shape index (κ2) is 15.4. The highest BCUT2D eigenvalue weighted by atomic mass is 32.2. The third kappa shape index (κ3) is 9.52. The van der Waals surface area contributed by atoms with Crippen molar-refractivity contribution in [2.75, 3.05) is 57.3 Å². The van der Waals surface area contributed by atoms with Crippen molar-refractivity contribution >= 4 is 34.8 Å². The monoisotopic (exact) mass is 578 g/mol. The molecule has 0 unspecified atom stereocenters. The minimum Gasteiger partial charge on any atom is -0.349 e. The highest BCUT2D eigenvalue weighted by Crippen LogP contribution is 2.49. The molecule has 2 aromatic rings. The number of carbonyl (C=O) groups is 2. The SMILES string of the molecule is CCC(=O)CNC(C)=O.CCCCN1CCN(CCCN2c3ccccc3Sc3ccc(C(F)(F)F)cc32)CC1. The molecular weight excluding hydrogens is 537 g/mol. The lowest BCUT2D eigenvalue weighted by atomic mass is 10.1. The zero-order chi connectivity index (χ0) is 29.1. The van der Waals surface area contributed by atoms with Crippen molar-refractivity contribution in [2.24, 2.45) is 0 Å². The molecule has 0 spiro atoms. The Labute approximate surface area is 240 Å². The number of fused-ring (bicyclic) bond motifs is 2. The molecule has 1 N–H and O–H groups in total. The number of unbranched alkanes of at least 4 members (excludes halogenated alkanes) is 1. The number of nitrogens with zero attached hydrogens (tertiary/aromatic N) is 3. The first-order valence-corrected chi connectivity index (χ1v) is 14.9. The molecule has 1 saturated heterocycles. The van der Waals surface area contributed by atoms with Gasteiger partial charge in [-0.05, 0) is 56.3 Å². The van der Waals surface area contributed by atoms with Crippen LogP contribution in [0.15, 0.2) is 52.3 Å². The zero-order valence-electron chi connectivity index (χ0n) is 23.7. The van der Waals surface area contributed by atoms with E-state index in [4.69, 9.17) is 0 Å². The van der Waals surface area contributed by atoms with Crippen LogP contribution in [0, 0.1) is 0 Å². The first-order valence-electron chi connectivity index (χ1n) is 14.1. The lowest BCUT2D eigenvalue weighted by Crippen LogP contribution is -2.47. The van der Waals surface area contributed by atoms with Crippen LogP contribution in [0.1, 0.15) is 52.0 Å². The van der Waals surface area contributed by atoms with Crippen LogP contribution in [-0.4, -0.2) is 73.8 Å². The van der Waals surface area contributed by atoms with Gasteiger partial charge in [-0.2, -0.15) is 13.2 Å². The molecule has 4 rings (SSSR count). The molecule has 2 aromatic carbocycles. The number of anilines is 2. The Morgan fingerprint density at radius 1 is 0.875 bits per heavy atom. The minimum absolute atomic E-state index is 0.0604. The number of piperazine rings is 1. The van der Waals surface area contributed by atoms with Gasteiger partial charge in [-0.25, -0.2) is 0 Å². The Bertz CT molecular complexity index is 1120. The maximum atomic E-state index is 13.3. The average Bonchev–Trinajstić information content (AvgIpc) is 2.94. The molecule has 6 nitrogen and oxygen atoms in total. The van der Waals surface area contributed by atoms with E-state index in [9.17, 15) is 22.8 Å². The quantitative estimate of drug-likeness (QED) is 0.362. The lowest BCUT2D eigenvalue weighted by Gasteiger charge is -2.36. The van der Waals surface area contributed by atoms with E-state index in [1.165, 1.54) is 38.4 Å². The number of Topliss-reactive ketones (excluding diaryl/α,β-unsaturated/α-hetero) is 1. The number of halogens is 3. The molecule has 220 valence electrons. The number of carbonyl (C=O) groups excluding carboxylic acids is 2. The smallest absolute Gasteiger partial charge is 0.349 e. The number of nitrogens with one attached hydrogen (secondary N) is 1. The van der Waals surface area contributed by atoms with E-state index in [1.54, 1.807) is 24.8 Å². The number of alkyl halides is 3. The number of benzene rings is 2. The molecule has 0 radical (unpaired) electrons. The van der Waals surface area contributed by atoms with Gasteiger partial charge in [0.25, 0.3) is 0 Å². The Kier molecular flexibility index (Phi) is 12.3. The van der Waals surface area contributed by atoms with Crippen molar-refractivity contribution in [3.05, 3.63) is 48.0 Å². The molecule has 0 aliphatic carbocycles. The summed E-state index contributed by atoms with van der Waals surface area (Å²) < 4.78 is 40.0. The molecular formula is C30H41F3N4O2S. The van der Waals surface area contributed by atoms with Crippen molar-refractivity contribution in [3.8, 4) is 0 Å². The van der Waals surface area contributed by atoms with Crippen molar-refractivity contribution in [2.45, 2.75) is 62.4 Å². The van der Waals surface area contributed by atoms with Crippen LogP contribution in [-0.2, 0) is 15.8 Å². The van der Waals surface area contributed by atoms with E-state index in [1.807, 2.05) is 24.3 Å². The van der Waals surface area contributed by atoms with E-state index in [0.717, 1.165) is 54.6 Å². The number of rotatable bonds is 10. The number of amides is 1. The van der Waals surface area contributed by atoms with Crippen molar-refractivity contribution in [3.63, 3.8) is 0 Å². The average molecular weight is 579 g/mol. The molecule has 0 aromatic heterocycles. The second-order valence-corrected chi connectivity index (χ2v) is 11.2. The van der Waals surface area contributed by atoms with Gasteiger partial charge >= 0.3 is 6.18 Å². The van der Waals surface area contributed by atoms with Gasteiger partial charge < -0.3 is 20.0 Å². The van der Waals surface area contributed by atoms with Crippen LogP contribution in [0.25, 0.3) is 0 Å². The maximum Gasteiger partial charge on any atom is 0.416 e. The first-order chi connectivity index (χ1) is 19.1. The third-order valence-corrected chi connectivity index (χ3v) is 8.16. The standard InChI is InChI=1S/C24H30F3N3S.C6H11NO2/c1-2-3-11-28-14-16-29(17-15-28)12-6-13-30-20-7-4-5-8-22(20)31-23-10-9-19(18-21(23)30)24(25,26)27;1-3-6(9)4-7-5(2)8/h4-5,7-10,18H,2-3,6,11-17H2,1H3;3-4H2,1-2H3,(H,7,8). The van der Waals surface area contributed by atoms with Crippen LogP contribution >= 0.6 is 11.8 Å². The predicted molar refractivity (Wildman–Crippen MR) is 155 cm³/mol. The maximum absolute atomic E-state index is 13.3. The van der Waals surface area contributed by atoms with Crippen LogP contribution in [0.4, 0.5) is 24.5 Å². The van der Waals surface area contributed by atoms with E-state index < -0.39 is 11.7 Å². The van der Waals surface area contributed by atoms with E-state index in [2.05, 4.69) is 26.9 Å². The Hall–Kier alpha value is -2.56. The summed E-state index contributed by atoms with van der Waals surface area (Å²) in [4.78, 5) is 29.8. The largest absolute Gasteiger partial charge is 0.416 e. The summed E-state index contributed by atoms with van der Waals surface area (Å²) in [6.45, 7) is 12.8. The molecule has 1 amide bonds. The van der Waals surface area contributed by atoms with Crippen molar-refractivity contribution in [1.29, 1.82) is 0 Å². The topological polar surface area (TPSA) is 55.9 Å². The van der Waals surface area contributed by atoms with Gasteiger partial charge in [0.1, 0.15) is 0 Å². The molecule has 2 aliphatic rings. The fraction of sp³-hybridized carbons (Fsp3) is 0.533. The summed E-state index contributed by atoms with van der Waals surface area (Å²) in [6.07, 6.45) is -0.442. The van der Waals surface area contributed by atoms with Crippen LogP contribution in [0.5, 0.6) is 0 Å². The van der Waals surface area contributed by atoms with Crippen LogP contribution < -0.4 is 10.2 Å². The summed E-state index contributed by atoms with van der Waals surface area (Å²) in [5, 5.41) is 2.41. The zero-order valence-corrected chi connectivity index (χ0v) is 24.5. The number of ketones is 1. The number of hydrogen-bond acceptors (Lipinski definition) is 6. The Morgan fingerprint density at radius 2 is 1.50 bits per heavy atom. The molecule has 2 heterocycles. The van der Waals surface area contributed by atoms with Gasteiger partial charge in [0.2, 0.25) is 5.91 Å². The normalized spacial score (nSPS) is 15.5. The lowest BCUT2D eigenvalue weighted by molar-refractivity contribution is -0.137. The summed E-state index contributed by atoms with van der Waals surface area (Å²) >= 11 is 1.55. The fourth-order valence-corrected chi connectivity index (χ4v) is 5.74. The van der Waals surface area contributed by atoms with Gasteiger partial charge in [-0.3, -0.25) is 9.59 Å². The molecule has 2 aliphatic heterocycles. The molecule has 0 saturated carbocycles. The second-order valence-electron chi connectivity index (χ2n) is 10.1. The fourth-order valence-electron chi connectivity index (χ4n) is 4.67. The number of para-hydroxylation sites is 1. The molecule has 10 heteroatoms. The van der Waals surface area contributed by atoms with E-state index >= 15 is 0 Å². The highest BCUT2D eigenvalue weighted by Gasteiger charge is 2.33. The van der Waals surface area contributed by atoms with Gasteiger partial charge in [0, 0.05) is 55.9 Å². The Balaban J connectivity index is 0.000000424. The third-order valence-electron chi connectivity index (χ3n) is 7.03. The highest BCUT2D eigenvalue weighted by molar-refractivity contribution is 7.99. The number of hydrogen-bond donors (Lipinski definition) is 1. The summed E-state index contributed by atoms with van der Waals surface area (Å²) in [5.74, 6) is -0.0954. The van der Waals surface area contributed by atoms with Gasteiger partial charge in [0.15, 0.2) is 5.78 Å². The van der Waals surface area contributed by atoms with Crippen molar-refractivity contribution in [1.82, 2.24) is 15.1 Å². The molecule has 0 atom stereocenters. The predicted octanol–water partition coefficient (Wildman–Crippen LogP) is 6.22. The van der Waals surface area contributed by atoms with Crippen LogP contribution in [0.3, 0.4) is 0 Å².